The number of halogens is 1. The van der Waals surface area contributed by atoms with Crippen LogP contribution in [0.3, 0.4) is 0 Å². The first-order valence-corrected chi connectivity index (χ1v) is 6.85. The van der Waals surface area contributed by atoms with E-state index in [0.29, 0.717) is 6.42 Å². The molecule has 1 atom stereocenters. The largest absolute Gasteiger partial charge is 0.396 e. The summed E-state index contributed by atoms with van der Waals surface area (Å²) in [5.41, 5.74) is 0.856. The molecule has 110 valence electrons. The number of carbonyl (C=O) groups excluding carboxylic acids is 1. The van der Waals surface area contributed by atoms with Crippen LogP contribution in [0.5, 0.6) is 0 Å². The summed E-state index contributed by atoms with van der Waals surface area (Å²) in [5.74, 6) is -0.0636. The Labute approximate surface area is 119 Å². The zero-order chi connectivity index (χ0) is 15.0. The van der Waals surface area contributed by atoms with E-state index in [-0.39, 0.29) is 36.7 Å². The van der Waals surface area contributed by atoms with Crippen LogP contribution in [0.15, 0.2) is 30.3 Å². The van der Waals surface area contributed by atoms with Gasteiger partial charge in [0, 0.05) is 19.1 Å². The SMILES string of the molecule is CC(C)C(CCO)NC(=O)C/C=C/c1ccc(F)cc1. The monoisotopic (exact) mass is 279 g/mol. The highest BCUT2D eigenvalue weighted by atomic mass is 19.1. The third kappa shape index (κ3) is 5.97. The number of carbonyl (C=O) groups is 1. The number of rotatable bonds is 7. The summed E-state index contributed by atoms with van der Waals surface area (Å²) in [6.45, 7) is 4.08. The first-order chi connectivity index (χ1) is 9.52. The lowest BCUT2D eigenvalue weighted by atomic mass is 10.0. The second kappa shape index (κ2) is 8.48. The van der Waals surface area contributed by atoms with Crippen molar-refractivity contribution in [2.75, 3.05) is 6.61 Å². The van der Waals surface area contributed by atoms with E-state index < -0.39 is 0 Å². The molecule has 2 N–H and O–H groups in total. The number of aliphatic hydroxyl groups is 1. The van der Waals surface area contributed by atoms with Crippen molar-refractivity contribution in [1.82, 2.24) is 5.32 Å². The van der Waals surface area contributed by atoms with Crippen molar-refractivity contribution >= 4 is 12.0 Å². The van der Waals surface area contributed by atoms with E-state index in [0.717, 1.165) is 5.56 Å². The van der Waals surface area contributed by atoms with Gasteiger partial charge in [-0.05, 0) is 30.0 Å². The van der Waals surface area contributed by atoms with E-state index in [1.807, 2.05) is 13.8 Å². The summed E-state index contributed by atoms with van der Waals surface area (Å²) in [4.78, 5) is 11.8. The Balaban J connectivity index is 2.44. The van der Waals surface area contributed by atoms with Gasteiger partial charge < -0.3 is 10.4 Å². The Bertz CT molecular complexity index is 440. The van der Waals surface area contributed by atoms with Gasteiger partial charge in [-0.15, -0.1) is 0 Å². The lowest BCUT2D eigenvalue weighted by Crippen LogP contribution is -2.38. The van der Waals surface area contributed by atoms with Gasteiger partial charge in [0.2, 0.25) is 5.91 Å². The summed E-state index contributed by atoms with van der Waals surface area (Å²) < 4.78 is 12.7. The van der Waals surface area contributed by atoms with Crippen LogP contribution in [0.4, 0.5) is 4.39 Å². The number of aliphatic hydroxyl groups excluding tert-OH is 1. The van der Waals surface area contributed by atoms with Gasteiger partial charge >= 0.3 is 0 Å². The molecule has 0 spiro atoms. The van der Waals surface area contributed by atoms with Crippen molar-refractivity contribution in [3.63, 3.8) is 0 Å². The third-order valence-corrected chi connectivity index (χ3v) is 3.07. The van der Waals surface area contributed by atoms with Gasteiger partial charge in [0.25, 0.3) is 0 Å². The van der Waals surface area contributed by atoms with Crippen LogP contribution in [0, 0.1) is 11.7 Å². The maximum absolute atomic E-state index is 12.7. The molecule has 0 aliphatic carbocycles. The molecular weight excluding hydrogens is 257 g/mol. The molecule has 0 bridgehead atoms. The molecule has 1 aromatic carbocycles. The van der Waals surface area contributed by atoms with Gasteiger partial charge in [-0.3, -0.25) is 4.79 Å². The smallest absolute Gasteiger partial charge is 0.224 e. The molecule has 0 radical (unpaired) electrons. The summed E-state index contributed by atoms with van der Waals surface area (Å²) in [6.07, 6.45) is 4.37. The molecule has 0 aromatic heterocycles. The molecule has 0 heterocycles. The van der Waals surface area contributed by atoms with Crippen LogP contribution in [0.2, 0.25) is 0 Å². The number of amides is 1. The van der Waals surface area contributed by atoms with Crippen LogP contribution >= 0.6 is 0 Å². The van der Waals surface area contributed by atoms with Crippen molar-refractivity contribution in [3.05, 3.63) is 41.7 Å². The highest BCUT2D eigenvalue weighted by molar-refractivity contribution is 5.78. The number of hydrogen-bond donors (Lipinski definition) is 2. The maximum atomic E-state index is 12.7. The van der Waals surface area contributed by atoms with Gasteiger partial charge in [0.15, 0.2) is 0 Å². The first-order valence-electron chi connectivity index (χ1n) is 6.85. The molecule has 3 nitrogen and oxygen atoms in total. The average Bonchev–Trinajstić information content (AvgIpc) is 2.40. The molecule has 0 saturated carbocycles. The highest BCUT2D eigenvalue weighted by Crippen LogP contribution is 2.07. The van der Waals surface area contributed by atoms with E-state index >= 15 is 0 Å². The van der Waals surface area contributed by atoms with Crippen LogP contribution < -0.4 is 5.32 Å². The molecule has 20 heavy (non-hydrogen) atoms. The number of hydrogen-bond acceptors (Lipinski definition) is 2. The maximum Gasteiger partial charge on any atom is 0.224 e. The van der Waals surface area contributed by atoms with Crippen molar-refractivity contribution < 1.29 is 14.3 Å². The quantitative estimate of drug-likeness (QED) is 0.806. The van der Waals surface area contributed by atoms with E-state index in [9.17, 15) is 9.18 Å². The third-order valence-electron chi connectivity index (χ3n) is 3.07. The Kier molecular flexibility index (Phi) is 6.94. The Morgan fingerprint density at radius 3 is 2.55 bits per heavy atom. The van der Waals surface area contributed by atoms with Crippen molar-refractivity contribution in [2.24, 2.45) is 5.92 Å². The van der Waals surface area contributed by atoms with Gasteiger partial charge in [0.05, 0.1) is 0 Å². The summed E-state index contributed by atoms with van der Waals surface area (Å²) in [5, 5.41) is 11.9. The van der Waals surface area contributed by atoms with E-state index in [1.54, 1.807) is 24.3 Å². The first kappa shape index (κ1) is 16.4. The van der Waals surface area contributed by atoms with Crippen LogP contribution in [-0.4, -0.2) is 23.7 Å². The molecule has 0 saturated heterocycles. The fourth-order valence-electron chi connectivity index (χ4n) is 1.85. The Morgan fingerprint density at radius 1 is 1.35 bits per heavy atom. The van der Waals surface area contributed by atoms with Crippen LogP contribution in [-0.2, 0) is 4.79 Å². The summed E-state index contributed by atoms with van der Waals surface area (Å²) in [7, 11) is 0. The molecular formula is C16H22FNO2. The molecule has 1 rings (SSSR count). The topological polar surface area (TPSA) is 49.3 Å². The second-order valence-electron chi connectivity index (χ2n) is 5.09. The second-order valence-corrected chi connectivity index (χ2v) is 5.09. The molecule has 0 fully saturated rings. The normalized spacial score (nSPS) is 12.8. The Hall–Kier alpha value is -1.68. The van der Waals surface area contributed by atoms with E-state index in [4.69, 9.17) is 5.11 Å². The zero-order valence-electron chi connectivity index (χ0n) is 12.0. The van der Waals surface area contributed by atoms with Crippen molar-refractivity contribution in [1.29, 1.82) is 0 Å². The fraction of sp³-hybridized carbons (Fsp3) is 0.438. The number of benzene rings is 1. The minimum Gasteiger partial charge on any atom is -0.396 e. The lowest BCUT2D eigenvalue weighted by molar-refractivity contribution is -0.121. The highest BCUT2D eigenvalue weighted by Gasteiger charge is 2.14. The van der Waals surface area contributed by atoms with Gasteiger partial charge in [-0.1, -0.05) is 38.1 Å². The molecule has 1 amide bonds. The minimum atomic E-state index is -0.274. The average molecular weight is 279 g/mol. The van der Waals surface area contributed by atoms with Crippen LogP contribution in [0.25, 0.3) is 6.08 Å². The predicted octanol–water partition coefficient (Wildman–Crippen LogP) is 2.75. The van der Waals surface area contributed by atoms with Gasteiger partial charge in [-0.2, -0.15) is 0 Å². The predicted molar refractivity (Wildman–Crippen MR) is 78.5 cm³/mol. The summed E-state index contributed by atoms with van der Waals surface area (Å²) >= 11 is 0. The van der Waals surface area contributed by atoms with Crippen LogP contribution in [0.1, 0.15) is 32.3 Å². The molecule has 4 heteroatoms. The van der Waals surface area contributed by atoms with Crippen molar-refractivity contribution in [2.45, 2.75) is 32.7 Å². The van der Waals surface area contributed by atoms with Gasteiger partial charge in [0.1, 0.15) is 5.82 Å². The fourth-order valence-corrected chi connectivity index (χ4v) is 1.85. The molecule has 1 aromatic rings. The van der Waals surface area contributed by atoms with E-state index in [1.165, 1.54) is 12.1 Å². The van der Waals surface area contributed by atoms with Crippen molar-refractivity contribution in [3.8, 4) is 0 Å². The molecule has 0 aliphatic heterocycles. The Morgan fingerprint density at radius 2 is 2.00 bits per heavy atom. The molecule has 1 unspecified atom stereocenters. The minimum absolute atomic E-state index is 0.00767. The molecule has 0 aliphatic rings. The number of nitrogens with one attached hydrogen (secondary N) is 1. The van der Waals surface area contributed by atoms with E-state index in [2.05, 4.69) is 5.32 Å². The summed E-state index contributed by atoms with van der Waals surface area (Å²) in [6, 6.07) is 6.08. The zero-order valence-corrected chi connectivity index (χ0v) is 12.0. The standard InChI is InChI=1S/C16H22FNO2/c1-12(2)15(10-11-19)18-16(20)5-3-4-13-6-8-14(17)9-7-13/h3-4,6-9,12,15,19H,5,10-11H2,1-2H3,(H,18,20)/b4-3+. The lowest BCUT2D eigenvalue weighted by Gasteiger charge is -2.21. The van der Waals surface area contributed by atoms with Gasteiger partial charge in [-0.25, -0.2) is 4.39 Å².